The van der Waals surface area contributed by atoms with Gasteiger partial charge in [0.15, 0.2) is 11.5 Å². The Bertz CT molecular complexity index is 1320. The maximum Gasteiger partial charge on any atom is 0.226 e. The van der Waals surface area contributed by atoms with E-state index in [1.807, 2.05) is 41.8 Å². The summed E-state index contributed by atoms with van der Waals surface area (Å²) in [5.41, 5.74) is 6.43. The maximum atomic E-state index is 4.87. The van der Waals surface area contributed by atoms with Gasteiger partial charge in [0, 0.05) is 24.0 Å². The lowest BCUT2D eigenvalue weighted by Crippen LogP contribution is -2.11. The topological polar surface area (TPSA) is 83.8 Å². The third-order valence-electron chi connectivity index (χ3n) is 5.64. The molecule has 0 aliphatic rings. The van der Waals surface area contributed by atoms with Crippen LogP contribution >= 0.6 is 0 Å². The Kier molecular flexibility index (Phi) is 5.08. The van der Waals surface area contributed by atoms with Crippen molar-refractivity contribution in [2.45, 2.75) is 33.1 Å². The molecule has 3 aromatic heterocycles. The number of nitrogens with zero attached hydrogens (tertiary/aromatic N) is 5. The Labute approximate surface area is 180 Å². The second-order valence-electron chi connectivity index (χ2n) is 7.79. The van der Waals surface area contributed by atoms with Crippen molar-refractivity contribution in [3.63, 3.8) is 0 Å². The average Bonchev–Trinajstić information content (AvgIpc) is 3.36. The molecule has 0 bridgehead atoms. The van der Waals surface area contributed by atoms with E-state index in [0.717, 1.165) is 65.5 Å². The predicted molar refractivity (Wildman–Crippen MR) is 122 cm³/mol. The summed E-state index contributed by atoms with van der Waals surface area (Å²) < 4.78 is 1.84. The highest BCUT2D eigenvalue weighted by Gasteiger charge is 2.14. The molecule has 5 aromatic rings. The predicted octanol–water partition coefficient (Wildman–Crippen LogP) is 4.06. The van der Waals surface area contributed by atoms with Crippen LogP contribution in [0.15, 0.2) is 54.6 Å². The summed E-state index contributed by atoms with van der Waals surface area (Å²) in [5.74, 6) is 1.53. The summed E-state index contributed by atoms with van der Waals surface area (Å²) in [5, 5.41) is 16.6. The van der Waals surface area contributed by atoms with E-state index < -0.39 is 0 Å². The van der Waals surface area contributed by atoms with Gasteiger partial charge in [0.2, 0.25) is 5.95 Å². The average molecular weight is 412 g/mol. The van der Waals surface area contributed by atoms with Crippen LogP contribution in [0, 0.1) is 13.8 Å². The molecular formula is C24H25N7. The van der Waals surface area contributed by atoms with Crippen molar-refractivity contribution in [1.29, 1.82) is 0 Å². The highest BCUT2D eigenvalue weighted by atomic mass is 15.4. The summed E-state index contributed by atoms with van der Waals surface area (Å²) in [6.45, 7) is 4.85. The zero-order chi connectivity index (χ0) is 21.2. The van der Waals surface area contributed by atoms with E-state index in [1.165, 1.54) is 11.1 Å². The molecule has 7 heteroatoms. The van der Waals surface area contributed by atoms with Gasteiger partial charge in [-0.15, -0.1) is 5.10 Å². The molecule has 31 heavy (non-hydrogen) atoms. The van der Waals surface area contributed by atoms with E-state index in [-0.39, 0.29) is 0 Å². The summed E-state index contributed by atoms with van der Waals surface area (Å²) in [7, 11) is 0. The largest absolute Gasteiger partial charge is 0.354 e. The second-order valence-corrected chi connectivity index (χ2v) is 7.79. The Balaban J connectivity index is 1.44. The number of benzene rings is 2. The number of hydrogen-bond donors (Lipinski definition) is 2. The molecule has 0 aliphatic heterocycles. The number of para-hydroxylation sites is 1. The first-order valence-corrected chi connectivity index (χ1v) is 10.6. The number of aromatic nitrogens is 6. The van der Waals surface area contributed by atoms with Crippen molar-refractivity contribution in [2.75, 3.05) is 11.9 Å². The van der Waals surface area contributed by atoms with E-state index in [0.29, 0.717) is 0 Å². The number of fused-ring (bicyclic) bond motifs is 3. The van der Waals surface area contributed by atoms with E-state index >= 15 is 0 Å². The van der Waals surface area contributed by atoms with Gasteiger partial charge in [-0.2, -0.15) is 9.61 Å². The molecule has 0 amide bonds. The number of aromatic amines is 1. The van der Waals surface area contributed by atoms with Crippen molar-refractivity contribution in [3.8, 4) is 0 Å². The summed E-state index contributed by atoms with van der Waals surface area (Å²) in [6, 6.07) is 18.5. The lowest BCUT2D eigenvalue weighted by molar-refractivity contribution is 0.822. The molecule has 5 rings (SSSR count). The van der Waals surface area contributed by atoms with E-state index in [1.54, 1.807) is 0 Å². The molecule has 0 aliphatic carbocycles. The Hall–Kier alpha value is -3.74. The van der Waals surface area contributed by atoms with Gasteiger partial charge in [-0.1, -0.05) is 42.5 Å². The van der Waals surface area contributed by atoms with Crippen LogP contribution in [0.5, 0.6) is 0 Å². The molecule has 0 fully saturated rings. The molecule has 2 aromatic carbocycles. The van der Waals surface area contributed by atoms with Crippen molar-refractivity contribution in [2.24, 2.45) is 0 Å². The second kappa shape index (κ2) is 8.18. The lowest BCUT2D eigenvalue weighted by atomic mass is 10.1. The van der Waals surface area contributed by atoms with Gasteiger partial charge >= 0.3 is 0 Å². The zero-order valence-corrected chi connectivity index (χ0v) is 17.8. The van der Waals surface area contributed by atoms with Crippen LogP contribution in [-0.4, -0.2) is 36.3 Å². The first kappa shape index (κ1) is 19.2. The number of H-pyrrole nitrogens is 1. The lowest BCUT2D eigenvalue weighted by Gasteiger charge is -2.09. The van der Waals surface area contributed by atoms with Crippen molar-refractivity contribution in [1.82, 2.24) is 29.8 Å². The van der Waals surface area contributed by atoms with Crippen LogP contribution in [0.4, 0.5) is 5.95 Å². The molecule has 0 saturated carbocycles. The molecule has 0 spiro atoms. The van der Waals surface area contributed by atoms with Crippen LogP contribution in [0.25, 0.3) is 16.6 Å². The van der Waals surface area contributed by atoms with Crippen molar-refractivity contribution >= 4 is 22.5 Å². The Morgan fingerprint density at radius 1 is 0.903 bits per heavy atom. The zero-order valence-electron chi connectivity index (χ0n) is 17.8. The highest BCUT2D eigenvalue weighted by molar-refractivity contribution is 5.92. The van der Waals surface area contributed by atoms with Gasteiger partial charge < -0.3 is 5.32 Å². The van der Waals surface area contributed by atoms with Gasteiger partial charge in [-0.3, -0.25) is 5.10 Å². The molecule has 156 valence electrons. The van der Waals surface area contributed by atoms with Crippen LogP contribution < -0.4 is 5.32 Å². The minimum Gasteiger partial charge on any atom is -0.354 e. The number of aryl methyl sites for hydroxylation is 3. The standard InChI is InChI=1S/C24H25N7/c1-16-19(17(2)29-28-16)12-13-22-27-23-20-10-6-7-11-21(20)26-24(31(23)30-22)25-15-14-18-8-4-3-5-9-18/h3-11H,12-15H2,1-2H3,(H,25,26)(H,28,29). The summed E-state index contributed by atoms with van der Waals surface area (Å²) >= 11 is 0. The van der Waals surface area contributed by atoms with Crippen LogP contribution in [0.1, 0.15) is 28.3 Å². The number of rotatable bonds is 7. The van der Waals surface area contributed by atoms with E-state index in [9.17, 15) is 0 Å². The molecule has 7 nitrogen and oxygen atoms in total. The van der Waals surface area contributed by atoms with Gasteiger partial charge in [0.25, 0.3) is 0 Å². The van der Waals surface area contributed by atoms with Gasteiger partial charge in [0.05, 0.1) is 11.2 Å². The number of hydrogen-bond acceptors (Lipinski definition) is 5. The number of nitrogens with one attached hydrogen (secondary N) is 2. The Morgan fingerprint density at radius 2 is 1.71 bits per heavy atom. The van der Waals surface area contributed by atoms with Gasteiger partial charge in [-0.05, 0) is 49.9 Å². The van der Waals surface area contributed by atoms with Crippen molar-refractivity contribution in [3.05, 3.63) is 82.9 Å². The third-order valence-corrected chi connectivity index (χ3v) is 5.64. The smallest absolute Gasteiger partial charge is 0.226 e. The third kappa shape index (κ3) is 3.86. The Morgan fingerprint density at radius 3 is 2.52 bits per heavy atom. The van der Waals surface area contributed by atoms with Crippen molar-refractivity contribution < 1.29 is 0 Å². The molecule has 0 radical (unpaired) electrons. The SMILES string of the molecule is Cc1n[nH]c(C)c1CCc1nc2c3ccccc3nc(NCCc3ccccc3)n2n1. The van der Waals surface area contributed by atoms with Crippen LogP contribution in [-0.2, 0) is 19.3 Å². The summed E-state index contributed by atoms with van der Waals surface area (Å²) in [4.78, 5) is 9.69. The first-order valence-electron chi connectivity index (χ1n) is 10.6. The molecular weight excluding hydrogens is 386 g/mol. The minimum atomic E-state index is 0.721. The highest BCUT2D eigenvalue weighted by Crippen LogP contribution is 2.21. The van der Waals surface area contributed by atoms with Gasteiger partial charge in [-0.25, -0.2) is 9.97 Å². The van der Waals surface area contributed by atoms with Crippen LogP contribution in [0.2, 0.25) is 0 Å². The fraction of sp³-hybridized carbons (Fsp3) is 0.250. The van der Waals surface area contributed by atoms with Gasteiger partial charge in [0.1, 0.15) is 0 Å². The fourth-order valence-corrected chi connectivity index (χ4v) is 3.96. The first-order chi connectivity index (χ1) is 15.2. The fourth-order valence-electron chi connectivity index (χ4n) is 3.96. The maximum absolute atomic E-state index is 4.87. The number of anilines is 1. The normalized spacial score (nSPS) is 11.4. The molecule has 0 unspecified atom stereocenters. The quantitative estimate of drug-likeness (QED) is 0.422. The van der Waals surface area contributed by atoms with Crippen LogP contribution in [0.3, 0.4) is 0 Å². The summed E-state index contributed by atoms with van der Waals surface area (Å²) in [6.07, 6.45) is 2.52. The van der Waals surface area contributed by atoms with E-state index in [4.69, 9.17) is 15.1 Å². The molecule has 2 N–H and O–H groups in total. The minimum absolute atomic E-state index is 0.721. The molecule has 0 atom stereocenters. The van der Waals surface area contributed by atoms with E-state index in [2.05, 4.69) is 46.7 Å². The monoisotopic (exact) mass is 411 g/mol. The molecule has 3 heterocycles. The molecule has 0 saturated heterocycles.